The molecular formula is C19H19N3O2. The molecule has 2 heterocycles. The summed E-state index contributed by atoms with van der Waals surface area (Å²) in [6, 6.07) is 14.9. The molecule has 5 heteroatoms. The van der Waals surface area contributed by atoms with Crippen LogP contribution < -0.4 is 9.64 Å². The highest BCUT2D eigenvalue weighted by Gasteiger charge is 2.23. The van der Waals surface area contributed by atoms with Crippen molar-refractivity contribution >= 4 is 6.01 Å². The highest BCUT2D eigenvalue weighted by Crippen LogP contribution is 2.30. The van der Waals surface area contributed by atoms with Crippen molar-refractivity contribution in [2.75, 3.05) is 18.6 Å². The molecule has 0 amide bonds. The molecule has 0 saturated carbocycles. The normalized spacial score (nSPS) is 13.7. The lowest BCUT2D eigenvalue weighted by molar-refractivity contribution is 0.399. The van der Waals surface area contributed by atoms with Gasteiger partial charge in [-0.3, -0.25) is 0 Å². The molecule has 0 atom stereocenters. The summed E-state index contributed by atoms with van der Waals surface area (Å²) in [6.07, 6.45) is 0.904. The zero-order chi connectivity index (χ0) is 16.5. The number of methoxy groups -OCH3 is 1. The third kappa shape index (κ3) is 2.62. The first-order valence-corrected chi connectivity index (χ1v) is 8.05. The molecule has 1 aliphatic rings. The van der Waals surface area contributed by atoms with Crippen LogP contribution in [-0.2, 0) is 13.0 Å². The summed E-state index contributed by atoms with van der Waals surface area (Å²) in [7, 11) is 1.72. The Labute approximate surface area is 140 Å². The van der Waals surface area contributed by atoms with Gasteiger partial charge in [0.2, 0.25) is 5.82 Å². The van der Waals surface area contributed by atoms with Crippen molar-refractivity contribution in [3.8, 4) is 17.1 Å². The van der Waals surface area contributed by atoms with Gasteiger partial charge in [-0.15, -0.1) is 0 Å². The van der Waals surface area contributed by atoms with Gasteiger partial charge in [0.1, 0.15) is 5.75 Å². The van der Waals surface area contributed by atoms with Crippen molar-refractivity contribution in [1.29, 1.82) is 0 Å². The SMILES string of the molecule is COc1cccc2c1CCN(c1nc(-c3ccc(C)cc3)no1)C2. The summed E-state index contributed by atoms with van der Waals surface area (Å²) in [4.78, 5) is 6.68. The van der Waals surface area contributed by atoms with Crippen LogP contribution in [0.4, 0.5) is 6.01 Å². The number of anilines is 1. The summed E-state index contributed by atoms with van der Waals surface area (Å²) in [5, 5.41) is 4.13. The quantitative estimate of drug-likeness (QED) is 0.737. The van der Waals surface area contributed by atoms with E-state index in [4.69, 9.17) is 9.26 Å². The van der Waals surface area contributed by atoms with E-state index in [0.717, 1.165) is 30.8 Å². The van der Waals surface area contributed by atoms with E-state index in [9.17, 15) is 0 Å². The van der Waals surface area contributed by atoms with Gasteiger partial charge >= 0.3 is 6.01 Å². The van der Waals surface area contributed by atoms with Crippen LogP contribution >= 0.6 is 0 Å². The Hall–Kier alpha value is -2.82. The van der Waals surface area contributed by atoms with E-state index >= 15 is 0 Å². The highest BCUT2D eigenvalue weighted by molar-refractivity contribution is 5.56. The second-order valence-electron chi connectivity index (χ2n) is 6.04. The Morgan fingerprint density at radius 3 is 2.75 bits per heavy atom. The maximum absolute atomic E-state index is 5.49. The number of aromatic nitrogens is 2. The molecule has 3 aromatic rings. The average molecular weight is 321 g/mol. The van der Waals surface area contributed by atoms with E-state index in [1.807, 2.05) is 24.3 Å². The summed E-state index contributed by atoms with van der Waals surface area (Å²) < 4.78 is 10.9. The first kappa shape index (κ1) is 14.8. The second-order valence-corrected chi connectivity index (χ2v) is 6.04. The van der Waals surface area contributed by atoms with Crippen LogP contribution in [0.2, 0.25) is 0 Å². The Morgan fingerprint density at radius 2 is 1.96 bits per heavy atom. The molecule has 0 unspecified atom stereocenters. The molecule has 4 rings (SSSR count). The molecule has 1 aromatic heterocycles. The first-order chi connectivity index (χ1) is 11.7. The van der Waals surface area contributed by atoms with Gasteiger partial charge in [-0.1, -0.05) is 47.1 Å². The lowest BCUT2D eigenvalue weighted by Gasteiger charge is -2.27. The average Bonchev–Trinajstić information content (AvgIpc) is 3.11. The van der Waals surface area contributed by atoms with Gasteiger partial charge in [0.25, 0.3) is 0 Å². The molecule has 0 saturated heterocycles. The fourth-order valence-electron chi connectivity index (χ4n) is 3.09. The van der Waals surface area contributed by atoms with Crippen molar-refractivity contribution in [2.45, 2.75) is 19.9 Å². The van der Waals surface area contributed by atoms with Gasteiger partial charge in [0.05, 0.1) is 7.11 Å². The molecule has 1 aliphatic heterocycles. The number of nitrogens with zero attached hydrogens (tertiary/aromatic N) is 3. The van der Waals surface area contributed by atoms with Gasteiger partial charge in [0.15, 0.2) is 0 Å². The van der Waals surface area contributed by atoms with Crippen molar-refractivity contribution in [1.82, 2.24) is 10.1 Å². The predicted octanol–water partition coefficient (Wildman–Crippen LogP) is 3.62. The summed E-state index contributed by atoms with van der Waals surface area (Å²) in [5.74, 6) is 1.58. The molecule has 5 nitrogen and oxygen atoms in total. The van der Waals surface area contributed by atoms with Crippen LogP contribution in [-0.4, -0.2) is 23.8 Å². The number of hydrogen-bond acceptors (Lipinski definition) is 5. The van der Waals surface area contributed by atoms with Crippen LogP contribution in [0.5, 0.6) is 5.75 Å². The third-order valence-electron chi connectivity index (χ3n) is 4.44. The smallest absolute Gasteiger partial charge is 0.324 e. The Bertz CT molecular complexity index is 855. The molecule has 122 valence electrons. The molecule has 2 aromatic carbocycles. The molecule has 0 bridgehead atoms. The molecule has 0 aliphatic carbocycles. The van der Waals surface area contributed by atoms with E-state index < -0.39 is 0 Å². The van der Waals surface area contributed by atoms with Gasteiger partial charge < -0.3 is 14.2 Å². The standard InChI is InChI=1S/C19H19N3O2/c1-13-6-8-14(9-7-13)18-20-19(24-21-18)22-11-10-16-15(12-22)4-3-5-17(16)23-2/h3-9H,10-12H2,1-2H3. The van der Waals surface area contributed by atoms with Crippen LogP contribution in [0, 0.1) is 6.92 Å². The summed E-state index contributed by atoms with van der Waals surface area (Å²) in [6.45, 7) is 3.65. The minimum absolute atomic E-state index is 0.569. The van der Waals surface area contributed by atoms with E-state index in [0.29, 0.717) is 11.8 Å². The number of aryl methyl sites for hydroxylation is 1. The van der Waals surface area contributed by atoms with Gasteiger partial charge in [-0.2, -0.15) is 4.98 Å². The largest absolute Gasteiger partial charge is 0.496 e. The Morgan fingerprint density at radius 1 is 1.12 bits per heavy atom. The number of hydrogen-bond donors (Lipinski definition) is 0. The minimum atomic E-state index is 0.569. The van der Waals surface area contributed by atoms with E-state index in [2.05, 4.69) is 40.2 Å². The fraction of sp³-hybridized carbons (Fsp3) is 0.263. The number of ether oxygens (including phenoxy) is 1. The lowest BCUT2D eigenvalue weighted by Crippen LogP contribution is -2.30. The first-order valence-electron chi connectivity index (χ1n) is 8.05. The molecule has 0 spiro atoms. The Balaban J connectivity index is 1.58. The van der Waals surface area contributed by atoms with Crippen molar-refractivity contribution in [3.63, 3.8) is 0 Å². The number of fused-ring (bicyclic) bond motifs is 1. The van der Waals surface area contributed by atoms with Crippen molar-refractivity contribution in [3.05, 3.63) is 59.2 Å². The highest BCUT2D eigenvalue weighted by atomic mass is 16.5. The monoisotopic (exact) mass is 321 g/mol. The third-order valence-corrected chi connectivity index (χ3v) is 4.44. The number of benzene rings is 2. The van der Waals surface area contributed by atoms with Gasteiger partial charge in [0, 0.05) is 24.2 Å². The number of rotatable bonds is 3. The molecule has 24 heavy (non-hydrogen) atoms. The van der Waals surface area contributed by atoms with Crippen LogP contribution in [0.1, 0.15) is 16.7 Å². The minimum Gasteiger partial charge on any atom is -0.496 e. The van der Waals surface area contributed by atoms with Crippen LogP contribution in [0.25, 0.3) is 11.4 Å². The predicted molar refractivity (Wildman–Crippen MR) is 92.2 cm³/mol. The second kappa shape index (κ2) is 6.00. The van der Waals surface area contributed by atoms with Crippen LogP contribution in [0.15, 0.2) is 47.0 Å². The Kier molecular flexibility index (Phi) is 3.69. The topological polar surface area (TPSA) is 51.4 Å². The van der Waals surface area contributed by atoms with Gasteiger partial charge in [-0.25, -0.2) is 0 Å². The molecule has 0 radical (unpaired) electrons. The van der Waals surface area contributed by atoms with E-state index in [-0.39, 0.29) is 0 Å². The zero-order valence-corrected chi connectivity index (χ0v) is 13.8. The van der Waals surface area contributed by atoms with Crippen molar-refractivity contribution < 1.29 is 9.26 Å². The van der Waals surface area contributed by atoms with E-state index in [1.54, 1.807) is 7.11 Å². The maximum Gasteiger partial charge on any atom is 0.324 e. The van der Waals surface area contributed by atoms with Crippen LogP contribution in [0.3, 0.4) is 0 Å². The summed E-state index contributed by atoms with van der Waals surface area (Å²) >= 11 is 0. The van der Waals surface area contributed by atoms with Crippen molar-refractivity contribution in [2.24, 2.45) is 0 Å². The fourth-order valence-corrected chi connectivity index (χ4v) is 3.09. The molecule has 0 N–H and O–H groups in total. The molecule has 0 fully saturated rings. The van der Waals surface area contributed by atoms with E-state index in [1.165, 1.54) is 16.7 Å². The summed E-state index contributed by atoms with van der Waals surface area (Å²) in [5.41, 5.74) is 4.70. The maximum atomic E-state index is 5.49. The van der Waals surface area contributed by atoms with Gasteiger partial charge in [-0.05, 0) is 25.0 Å². The molecular weight excluding hydrogens is 302 g/mol. The zero-order valence-electron chi connectivity index (χ0n) is 13.8. The lowest BCUT2D eigenvalue weighted by atomic mass is 9.99.